The Kier molecular flexibility index (Phi) is 109. The predicted octanol–water partition coefficient (Wildman–Crippen LogP) is 34.9. The number of carbonyl (C=O) groups is 6. The summed E-state index contributed by atoms with van der Waals surface area (Å²) >= 11 is 4.30. The van der Waals surface area contributed by atoms with Crippen molar-refractivity contribution in [3.05, 3.63) is 36.5 Å². The van der Waals surface area contributed by atoms with Crippen LogP contribution in [-0.4, -0.2) is 83.8 Å². The molecule has 5 amide bonds. The number of rotatable bonds is 103. The van der Waals surface area contributed by atoms with Gasteiger partial charge in [-0.15, -0.1) is 0 Å². The van der Waals surface area contributed by atoms with E-state index in [1.54, 1.807) is 10.8 Å². The molecule has 14 heteroatoms. The highest BCUT2D eigenvalue weighted by molar-refractivity contribution is 8.76. The Labute approximate surface area is 798 Å². The molecule has 0 saturated heterocycles. The van der Waals surface area contributed by atoms with Crippen LogP contribution in [0.3, 0.4) is 0 Å². The van der Waals surface area contributed by atoms with Crippen LogP contribution in [0, 0.1) is 0 Å². The first-order valence-corrected chi connectivity index (χ1v) is 58.9. The summed E-state index contributed by atoms with van der Waals surface area (Å²) in [4.78, 5) is 79.2. The zero-order chi connectivity index (χ0) is 91.7. The molecule has 0 aliphatic heterocycles. The van der Waals surface area contributed by atoms with Crippen molar-refractivity contribution in [2.24, 2.45) is 0 Å². The van der Waals surface area contributed by atoms with E-state index in [4.69, 9.17) is 0 Å². The van der Waals surface area contributed by atoms with Crippen molar-refractivity contribution in [3.8, 4) is 0 Å². The summed E-state index contributed by atoms with van der Waals surface area (Å²) in [6.07, 6.45) is 120. The van der Waals surface area contributed by atoms with Gasteiger partial charge in [-0.25, -0.2) is 0 Å². The van der Waals surface area contributed by atoms with Crippen LogP contribution in [0.2, 0.25) is 0 Å². The molecule has 126 heavy (non-hydrogen) atoms. The highest BCUT2D eigenvalue weighted by Gasteiger charge is 2.25. The Bertz CT molecular complexity index is 2250. The van der Waals surface area contributed by atoms with Crippen molar-refractivity contribution in [1.29, 1.82) is 0 Å². The average Bonchev–Trinajstić information content (AvgIpc) is 0.938. The molecule has 3 atom stereocenters. The SMILES string of the molecule is CCCCCCCC/C=C/CCCCCCCC(=O)NC(CS)C(=O)NCCCCCCCCCCCCCCCC.CCCCCCCC/C=C/CCCCCCCC(=O)NC(CSSCC(NC(=O)CCCCCCC/C=C/CCCCCCCC)C(=O)NCCCCCCCCCCCCCCCC)C(=O)CCCCCCCCCCCCCCCCC. The molecule has 0 heterocycles. The molecule has 0 rings (SSSR count). The third kappa shape index (κ3) is 100. The minimum atomic E-state index is -0.644. The normalized spacial score (nSPS) is 12.3. The van der Waals surface area contributed by atoms with E-state index in [0.29, 0.717) is 56.0 Å². The zero-order valence-corrected chi connectivity index (χ0v) is 87.3. The van der Waals surface area contributed by atoms with Crippen LogP contribution in [0.5, 0.6) is 0 Å². The lowest BCUT2D eigenvalue weighted by molar-refractivity contribution is -0.128. The number of unbranched alkanes of at least 4 members (excludes halogenated alkanes) is 73. The lowest BCUT2D eigenvalue weighted by atomic mass is 10.0. The quantitative estimate of drug-likeness (QED) is 0.0152. The largest absolute Gasteiger partial charge is 0.354 e. The Morgan fingerprint density at radius 2 is 0.389 bits per heavy atom. The van der Waals surface area contributed by atoms with Crippen molar-refractivity contribution < 1.29 is 28.8 Å². The summed E-state index contributed by atoms with van der Waals surface area (Å²) in [5.74, 6) is 0.980. The summed E-state index contributed by atoms with van der Waals surface area (Å²) in [5, 5.41) is 15.3. The number of carbonyl (C=O) groups excluding carboxylic acids is 6. The van der Waals surface area contributed by atoms with Gasteiger partial charge in [-0.2, -0.15) is 12.6 Å². The Hall–Kier alpha value is -2.71. The maximum Gasteiger partial charge on any atom is 0.243 e. The highest BCUT2D eigenvalue weighted by Crippen LogP contribution is 2.26. The Morgan fingerprint density at radius 3 is 0.619 bits per heavy atom. The summed E-state index contributed by atoms with van der Waals surface area (Å²) in [6.45, 7) is 15.0. The van der Waals surface area contributed by atoms with Gasteiger partial charge in [0.15, 0.2) is 5.78 Å². The average molecular weight is 1820 g/mol. The summed E-state index contributed by atoms with van der Waals surface area (Å²) in [7, 11) is 3.08. The maximum atomic E-state index is 13.8. The first-order chi connectivity index (χ1) is 62.0. The molecule has 0 aromatic heterocycles. The van der Waals surface area contributed by atoms with Gasteiger partial charge in [0.25, 0.3) is 0 Å². The van der Waals surface area contributed by atoms with Gasteiger partial charge in [-0.05, 0) is 116 Å². The highest BCUT2D eigenvalue weighted by atomic mass is 33.1. The van der Waals surface area contributed by atoms with Gasteiger partial charge in [0.2, 0.25) is 29.5 Å². The standard InChI is InChI=1S/C75H143N3O4S2.C37H72N2O2S/c1-5-9-13-17-21-25-29-33-37-40-44-48-52-56-60-64-72(79)70(77-73(80)65-61-57-53-49-45-41-38-34-30-26-22-18-14-10-6-2)68-83-84-69-71(75(82)76-67-63-59-55-51-47-43-36-32-28-24-20-16-12-8-4)78-74(81)66-62-58-54-50-46-42-39-35-31-27-23-19-15-11-7-3;1-3-5-7-9-11-13-15-17-19-20-22-24-26-28-30-32-36(40)39-35(34-42)37(41)38-33-31-29-27-25-23-21-18-16-14-12-10-8-6-4-2/h34-35,38-39,70-71H,5-33,36-37,40-69H2,1-4H3,(H,76,82)(H,77,80)(H,78,81);17,19,35,42H,3-16,18,20-34H2,1-2H3,(H,38,41)(H,39,40)/b38-34+,39-35+;19-17+. The van der Waals surface area contributed by atoms with Gasteiger partial charge in [-0.1, -0.05) is 511 Å². The van der Waals surface area contributed by atoms with Crippen molar-refractivity contribution >= 4 is 69.5 Å². The molecular weight excluding hydrogens is 1610 g/mol. The lowest BCUT2D eigenvalue weighted by Gasteiger charge is -2.20. The molecule has 0 aliphatic rings. The van der Waals surface area contributed by atoms with Crippen LogP contribution in [0.15, 0.2) is 36.5 Å². The molecule has 0 radical (unpaired) electrons. The fourth-order valence-corrected chi connectivity index (χ4v) is 19.5. The van der Waals surface area contributed by atoms with Gasteiger partial charge in [0, 0.05) is 56.0 Å². The molecule has 0 saturated carbocycles. The van der Waals surface area contributed by atoms with E-state index in [0.717, 1.165) is 109 Å². The van der Waals surface area contributed by atoms with Crippen molar-refractivity contribution in [2.45, 2.75) is 612 Å². The smallest absolute Gasteiger partial charge is 0.243 e. The number of ketones is 1. The van der Waals surface area contributed by atoms with E-state index in [1.807, 2.05) is 0 Å². The predicted molar refractivity (Wildman–Crippen MR) is 564 cm³/mol. The molecule has 11 nitrogen and oxygen atoms in total. The summed E-state index contributed by atoms with van der Waals surface area (Å²) < 4.78 is 0. The van der Waals surface area contributed by atoms with Crippen molar-refractivity contribution in [2.75, 3.05) is 30.3 Å². The first kappa shape index (κ1) is 125. The zero-order valence-electron chi connectivity index (χ0n) is 84.8. The fourth-order valence-electron chi connectivity index (χ4n) is 16.8. The molecule has 0 bridgehead atoms. The first-order valence-electron chi connectivity index (χ1n) is 55.8. The van der Waals surface area contributed by atoms with Crippen LogP contribution in [-0.2, 0) is 28.8 Å². The number of nitrogens with one attached hydrogen (secondary N) is 5. The van der Waals surface area contributed by atoms with Crippen molar-refractivity contribution in [3.63, 3.8) is 0 Å². The van der Waals surface area contributed by atoms with E-state index in [-0.39, 0.29) is 35.3 Å². The Balaban J connectivity index is 0. The van der Waals surface area contributed by atoms with Gasteiger partial charge in [0.1, 0.15) is 12.1 Å². The van der Waals surface area contributed by atoms with E-state index in [9.17, 15) is 28.8 Å². The van der Waals surface area contributed by atoms with E-state index >= 15 is 0 Å². The molecule has 0 spiro atoms. The van der Waals surface area contributed by atoms with E-state index in [1.165, 1.54) is 428 Å². The molecular formula is C112H215N5O6S3. The number of amides is 5. The second kappa shape index (κ2) is 109. The van der Waals surface area contributed by atoms with Crippen LogP contribution in [0.4, 0.5) is 0 Å². The molecule has 3 unspecified atom stereocenters. The van der Waals surface area contributed by atoms with Crippen LogP contribution in [0.25, 0.3) is 0 Å². The summed E-state index contributed by atoms with van der Waals surface area (Å²) in [6, 6.07) is -1.72. The third-order valence-corrected chi connectivity index (χ3v) is 28.2. The molecule has 0 fully saturated rings. The van der Waals surface area contributed by atoms with E-state index in [2.05, 4.69) is 117 Å². The van der Waals surface area contributed by atoms with E-state index < -0.39 is 18.1 Å². The molecule has 742 valence electrons. The number of thiol groups is 1. The molecule has 0 aromatic carbocycles. The van der Waals surface area contributed by atoms with Gasteiger partial charge < -0.3 is 26.6 Å². The molecule has 0 aromatic rings. The van der Waals surface area contributed by atoms with Gasteiger partial charge in [0.05, 0.1) is 6.04 Å². The second-order valence-corrected chi connectivity index (χ2v) is 41.0. The third-order valence-electron chi connectivity index (χ3n) is 25.4. The monoisotopic (exact) mass is 1820 g/mol. The lowest BCUT2D eigenvalue weighted by Crippen LogP contribution is -2.48. The van der Waals surface area contributed by atoms with Crippen LogP contribution < -0.4 is 26.6 Å². The number of Topliss-reactive ketones (excluding diaryl/α,β-unsaturated/α-hetero) is 1. The maximum absolute atomic E-state index is 13.8. The van der Waals surface area contributed by atoms with Crippen LogP contribution in [0.1, 0.15) is 594 Å². The number of allylic oxidation sites excluding steroid dienone is 6. The van der Waals surface area contributed by atoms with Gasteiger partial charge in [-0.3, -0.25) is 28.8 Å². The minimum absolute atomic E-state index is 0.0293. The molecule has 5 N–H and O–H groups in total. The topological polar surface area (TPSA) is 163 Å². The molecule has 0 aliphatic carbocycles. The number of hydrogen-bond acceptors (Lipinski definition) is 9. The fraction of sp³-hybridized carbons (Fsp3) is 0.893. The van der Waals surface area contributed by atoms with Crippen LogP contribution >= 0.6 is 34.2 Å². The van der Waals surface area contributed by atoms with Crippen molar-refractivity contribution in [1.82, 2.24) is 26.6 Å². The Morgan fingerprint density at radius 1 is 0.214 bits per heavy atom. The number of hydrogen-bond donors (Lipinski definition) is 6. The summed E-state index contributed by atoms with van der Waals surface area (Å²) in [5.41, 5.74) is 0. The van der Waals surface area contributed by atoms with Gasteiger partial charge >= 0.3 is 0 Å². The minimum Gasteiger partial charge on any atom is -0.354 e. The second-order valence-electron chi connectivity index (χ2n) is 38.1.